The van der Waals surface area contributed by atoms with Crippen LogP contribution in [0.4, 0.5) is 0 Å². The molecule has 2 aromatic rings. The highest BCUT2D eigenvalue weighted by Crippen LogP contribution is 2.34. The smallest absolute Gasteiger partial charge is 0.251 e. The highest BCUT2D eigenvalue weighted by Gasteiger charge is 2.35. The van der Waals surface area contributed by atoms with Crippen LogP contribution in [0.2, 0.25) is 0 Å². The first kappa shape index (κ1) is 20.8. The Morgan fingerprint density at radius 3 is 2.40 bits per heavy atom. The Hall–Kier alpha value is -2.51. The first-order valence-electron chi connectivity index (χ1n) is 10.3. The third-order valence-corrected chi connectivity index (χ3v) is 7.94. The van der Waals surface area contributed by atoms with Crippen molar-refractivity contribution in [1.29, 1.82) is 0 Å². The van der Waals surface area contributed by atoms with E-state index in [9.17, 15) is 18.0 Å². The van der Waals surface area contributed by atoms with Crippen LogP contribution >= 0.6 is 0 Å². The Morgan fingerprint density at radius 2 is 1.67 bits per heavy atom. The van der Waals surface area contributed by atoms with Gasteiger partial charge in [-0.05, 0) is 70.1 Å². The van der Waals surface area contributed by atoms with Crippen molar-refractivity contribution in [2.45, 2.75) is 48.4 Å². The van der Waals surface area contributed by atoms with Crippen molar-refractivity contribution in [3.8, 4) is 0 Å². The summed E-state index contributed by atoms with van der Waals surface area (Å²) in [5, 5.41) is 2.94. The molecule has 2 aliphatic rings. The number of rotatable bonds is 4. The van der Waals surface area contributed by atoms with Crippen molar-refractivity contribution < 1.29 is 18.0 Å². The van der Waals surface area contributed by atoms with E-state index in [1.54, 1.807) is 12.1 Å². The standard InChI is InChI=1S/C23H26N2O4S/c1-23(2,25-12-6-3-7-13-25)15-24-22(27)16-10-11-18-20(14-16)30(28,29)19-9-5-4-8-17(19)21(18)26/h4-5,8-11,14H,3,6-7,12-13,15H2,1-2H3,(H,24,27). The van der Waals surface area contributed by atoms with E-state index >= 15 is 0 Å². The third-order valence-electron chi connectivity index (χ3n) is 6.09. The summed E-state index contributed by atoms with van der Waals surface area (Å²) in [6.07, 6.45) is 3.56. The number of nitrogens with one attached hydrogen (secondary N) is 1. The van der Waals surface area contributed by atoms with Gasteiger partial charge in [-0.2, -0.15) is 0 Å². The largest absolute Gasteiger partial charge is 0.350 e. The van der Waals surface area contributed by atoms with Crippen molar-refractivity contribution in [3.05, 3.63) is 59.2 Å². The van der Waals surface area contributed by atoms with Crippen LogP contribution in [-0.2, 0) is 9.84 Å². The van der Waals surface area contributed by atoms with Gasteiger partial charge in [-0.25, -0.2) is 8.42 Å². The predicted molar refractivity (Wildman–Crippen MR) is 114 cm³/mol. The van der Waals surface area contributed by atoms with Crippen LogP contribution in [-0.4, -0.2) is 50.2 Å². The van der Waals surface area contributed by atoms with Gasteiger partial charge < -0.3 is 5.32 Å². The summed E-state index contributed by atoms with van der Waals surface area (Å²) in [4.78, 5) is 27.8. The Balaban J connectivity index is 1.58. The second kappa shape index (κ2) is 7.63. The monoisotopic (exact) mass is 426 g/mol. The topological polar surface area (TPSA) is 83.5 Å². The summed E-state index contributed by atoms with van der Waals surface area (Å²) >= 11 is 0. The number of sulfone groups is 1. The molecule has 7 heteroatoms. The van der Waals surface area contributed by atoms with Crippen LogP contribution in [0.15, 0.2) is 52.3 Å². The molecule has 0 bridgehead atoms. The summed E-state index contributed by atoms with van der Waals surface area (Å²) < 4.78 is 26.1. The van der Waals surface area contributed by atoms with E-state index in [4.69, 9.17) is 0 Å². The SMILES string of the molecule is CC(C)(CNC(=O)c1ccc2c(c1)S(=O)(=O)c1ccccc1C2=O)N1CCCCC1. The zero-order chi connectivity index (χ0) is 21.5. The normalized spacial score (nSPS) is 18.4. The maximum atomic E-state index is 13.0. The number of nitrogens with zero attached hydrogens (tertiary/aromatic N) is 1. The number of hydrogen-bond donors (Lipinski definition) is 1. The minimum Gasteiger partial charge on any atom is -0.350 e. The van der Waals surface area contributed by atoms with Crippen LogP contribution in [0, 0.1) is 0 Å². The molecule has 0 saturated carbocycles. The molecule has 30 heavy (non-hydrogen) atoms. The molecule has 0 spiro atoms. The predicted octanol–water partition coefficient (Wildman–Crippen LogP) is 3.06. The molecule has 0 unspecified atom stereocenters. The summed E-state index contributed by atoms with van der Waals surface area (Å²) in [7, 11) is -3.86. The van der Waals surface area contributed by atoms with Gasteiger partial charge in [-0.1, -0.05) is 18.6 Å². The van der Waals surface area contributed by atoms with Crippen LogP contribution in [0.3, 0.4) is 0 Å². The highest BCUT2D eigenvalue weighted by atomic mass is 32.2. The van der Waals surface area contributed by atoms with Crippen molar-refractivity contribution >= 4 is 21.5 Å². The second-order valence-electron chi connectivity index (χ2n) is 8.58. The average molecular weight is 427 g/mol. The number of likely N-dealkylation sites (tertiary alicyclic amines) is 1. The van der Waals surface area contributed by atoms with Gasteiger partial charge in [0.2, 0.25) is 9.84 Å². The molecule has 2 aromatic carbocycles. The van der Waals surface area contributed by atoms with Gasteiger partial charge in [0.25, 0.3) is 5.91 Å². The molecular weight excluding hydrogens is 400 g/mol. The molecule has 158 valence electrons. The number of amides is 1. The molecule has 0 radical (unpaired) electrons. The molecule has 1 saturated heterocycles. The maximum Gasteiger partial charge on any atom is 0.251 e. The zero-order valence-electron chi connectivity index (χ0n) is 17.3. The van der Waals surface area contributed by atoms with Crippen LogP contribution in [0.25, 0.3) is 0 Å². The highest BCUT2D eigenvalue weighted by molar-refractivity contribution is 7.91. The van der Waals surface area contributed by atoms with Gasteiger partial charge in [0, 0.05) is 28.8 Å². The van der Waals surface area contributed by atoms with Gasteiger partial charge in [-0.3, -0.25) is 14.5 Å². The van der Waals surface area contributed by atoms with E-state index in [1.807, 2.05) is 0 Å². The second-order valence-corrected chi connectivity index (χ2v) is 10.5. The summed E-state index contributed by atoms with van der Waals surface area (Å²) in [6, 6.07) is 10.5. The lowest BCUT2D eigenvalue weighted by atomic mass is 9.98. The Morgan fingerprint density at radius 1 is 1.00 bits per heavy atom. The van der Waals surface area contributed by atoms with Gasteiger partial charge in [-0.15, -0.1) is 0 Å². The lowest BCUT2D eigenvalue weighted by Gasteiger charge is -2.41. The number of fused-ring (bicyclic) bond motifs is 2. The fraction of sp³-hybridized carbons (Fsp3) is 0.391. The molecule has 0 aromatic heterocycles. The summed E-state index contributed by atoms with van der Waals surface area (Å²) in [5.74, 6) is -0.682. The van der Waals surface area contributed by atoms with E-state index in [-0.39, 0.29) is 43.7 Å². The molecule has 4 rings (SSSR count). The molecular formula is C23H26N2O4S. The van der Waals surface area contributed by atoms with Crippen molar-refractivity contribution in [3.63, 3.8) is 0 Å². The molecule has 2 heterocycles. The Bertz CT molecular complexity index is 1120. The fourth-order valence-electron chi connectivity index (χ4n) is 4.24. The van der Waals surface area contributed by atoms with Crippen LogP contribution < -0.4 is 5.32 Å². The minimum atomic E-state index is -3.86. The third kappa shape index (κ3) is 3.56. The molecule has 2 aliphatic heterocycles. The molecule has 6 nitrogen and oxygen atoms in total. The van der Waals surface area contributed by atoms with E-state index < -0.39 is 9.84 Å². The quantitative estimate of drug-likeness (QED) is 0.693. The number of carbonyl (C=O) groups excluding carboxylic acids is 2. The van der Waals surface area contributed by atoms with E-state index in [1.165, 1.54) is 36.8 Å². The summed E-state index contributed by atoms with van der Waals surface area (Å²) in [6.45, 7) is 6.69. The first-order chi connectivity index (χ1) is 14.2. The number of carbonyl (C=O) groups is 2. The maximum absolute atomic E-state index is 13.0. The summed E-state index contributed by atoms with van der Waals surface area (Å²) in [5.41, 5.74) is 0.328. The number of ketones is 1. The molecule has 1 N–H and O–H groups in total. The van der Waals surface area contributed by atoms with E-state index in [0.29, 0.717) is 6.54 Å². The Kier molecular flexibility index (Phi) is 5.28. The average Bonchev–Trinajstić information content (AvgIpc) is 2.76. The van der Waals surface area contributed by atoms with Gasteiger partial charge in [0.05, 0.1) is 9.79 Å². The van der Waals surface area contributed by atoms with Crippen molar-refractivity contribution in [2.24, 2.45) is 0 Å². The lowest BCUT2D eigenvalue weighted by molar-refractivity contribution is 0.0797. The van der Waals surface area contributed by atoms with Crippen LogP contribution in [0.5, 0.6) is 0 Å². The van der Waals surface area contributed by atoms with Gasteiger partial charge in [0.15, 0.2) is 5.78 Å². The van der Waals surface area contributed by atoms with Gasteiger partial charge >= 0.3 is 0 Å². The van der Waals surface area contributed by atoms with E-state index in [0.717, 1.165) is 25.9 Å². The number of hydrogen-bond acceptors (Lipinski definition) is 5. The fourth-order valence-corrected chi connectivity index (χ4v) is 5.91. The van der Waals surface area contributed by atoms with E-state index in [2.05, 4.69) is 24.1 Å². The lowest BCUT2D eigenvalue weighted by Crippen LogP contribution is -2.53. The van der Waals surface area contributed by atoms with Crippen LogP contribution in [0.1, 0.15) is 59.4 Å². The number of piperidine rings is 1. The number of benzene rings is 2. The first-order valence-corrected chi connectivity index (χ1v) is 11.8. The zero-order valence-corrected chi connectivity index (χ0v) is 18.1. The van der Waals surface area contributed by atoms with Gasteiger partial charge in [0.1, 0.15) is 0 Å². The minimum absolute atomic E-state index is 0.00806. The molecule has 1 amide bonds. The van der Waals surface area contributed by atoms with Crippen molar-refractivity contribution in [2.75, 3.05) is 19.6 Å². The molecule has 0 aliphatic carbocycles. The Labute approximate surface area is 177 Å². The molecule has 1 fully saturated rings. The van der Waals surface area contributed by atoms with Crippen molar-refractivity contribution in [1.82, 2.24) is 10.2 Å². The molecule has 0 atom stereocenters.